The van der Waals surface area contributed by atoms with Gasteiger partial charge >= 0.3 is 0 Å². The average Bonchev–Trinajstić information content (AvgIpc) is 2.38. The average molecular weight is 256 g/mol. The maximum atomic E-state index is 6.37. The van der Waals surface area contributed by atoms with E-state index in [1.54, 1.807) is 7.11 Å². The number of nitrogens with two attached hydrogens (primary N) is 1. The Bertz CT molecular complexity index is 576. The van der Waals surface area contributed by atoms with E-state index in [0.29, 0.717) is 0 Å². The van der Waals surface area contributed by atoms with Gasteiger partial charge in [-0.2, -0.15) is 0 Å². The number of nitrogens with zero attached hydrogens (tertiary/aromatic N) is 1. The molecule has 0 aliphatic carbocycles. The molecule has 2 N–H and O–H groups in total. The first-order valence-electron chi connectivity index (χ1n) is 6.36. The molecule has 1 aromatic carbocycles. The first-order valence-corrected chi connectivity index (χ1v) is 6.36. The largest absolute Gasteiger partial charge is 0.496 e. The summed E-state index contributed by atoms with van der Waals surface area (Å²) in [6, 6.07) is 7.92. The maximum Gasteiger partial charge on any atom is 0.124 e. The Balaban J connectivity index is 2.49. The molecule has 0 fully saturated rings. The van der Waals surface area contributed by atoms with Gasteiger partial charge in [0.2, 0.25) is 0 Å². The Hall–Kier alpha value is -1.87. The van der Waals surface area contributed by atoms with E-state index in [-0.39, 0.29) is 6.04 Å². The lowest BCUT2D eigenvalue weighted by Crippen LogP contribution is -2.15. The first-order chi connectivity index (χ1) is 9.02. The summed E-state index contributed by atoms with van der Waals surface area (Å²) in [6.07, 6.45) is 1.83. The third kappa shape index (κ3) is 2.76. The molecule has 2 rings (SSSR count). The number of aryl methyl sites for hydroxylation is 3. The van der Waals surface area contributed by atoms with Crippen molar-refractivity contribution in [1.82, 2.24) is 4.98 Å². The van der Waals surface area contributed by atoms with Crippen molar-refractivity contribution in [2.24, 2.45) is 5.73 Å². The monoisotopic (exact) mass is 256 g/mol. The van der Waals surface area contributed by atoms with Crippen molar-refractivity contribution in [2.75, 3.05) is 7.11 Å². The topological polar surface area (TPSA) is 48.1 Å². The Morgan fingerprint density at radius 1 is 1.16 bits per heavy atom. The van der Waals surface area contributed by atoms with Crippen LogP contribution < -0.4 is 10.5 Å². The molecule has 0 saturated carbocycles. The third-order valence-electron chi connectivity index (χ3n) is 3.32. The molecule has 0 bridgehead atoms. The second kappa shape index (κ2) is 5.41. The third-order valence-corrected chi connectivity index (χ3v) is 3.32. The minimum Gasteiger partial charge on any atom is -0.496 e. The van der Waals surface area contributed by atoms with Crippen LogP contribution in [-0.4, -0.2) is 12.1 Å². The normalized spacial score (nSPS) is 12.3. The van der Waals surface area contributed by atoms with Gasteiger partial charge in [-0.3, -0.25) is 4.98 Å². The highest BCUT2D eigenvalue weighted by atomic mass is 16.5. The Kier molecular flexibility index (Phi) is 3.86. The summed E-state index contributed by atoms with van der Waals surface area (Å²) in [5, 5.41) is 0. The van der Waals surface area contributed by atoms with Crippen LogP contribution in [0.15, 0.2) is 30.5 Å². The Morgan fingerprint density at radius 3 is 2.47 bits per heavy atom. The van der Waals surface area contributed by atoms with E-state index in [2.05, 4.69) is 24.9 Å². The SMILES string of the molecule is COc1cc(C)cc(C)c1C(N)c1ccc(C)nc1. The molecular formula is C16H20N2O. The zero-order valence-corrected chi connectivity index (χ0v) is 11.9. The molecule has 2 aromatic rings. The standard InChI is InChI=1S/C16H20N2O/c1-10-7-11(2)15(14(8-10)19-4)16(17)13-6-5-12(3)18-9-13/h5-9,16H,17H2,1-4H3. The first kappa shape index (κ1) is 13.6. The quantitative estimate of drug-likeness (QED) is 0.918. The molecule has 0 saturated heterocycles. The van der Waals surface area contributed by atoms with Crippen LogP contribution in [0.2, 0.25) is 0 Å². The van der Waals surface area contributed by atoms with Gasteiger partial charge in [0, 0.05) is 17.5 Å². The maximum absolute atomic E-state index is 6.37. The van der Waals surface area contributed by atoms with Crippen molar-refractivity contribution in [3.05, 3.63) is 58.4 Å². The van der Waals surface area contributed by atoms with E-state index in [1.165, 1.54) is 5.56 Å². The van der Waals surface area contributed by atoms with Crippen molar-refractivity contribution >= 4 is 0 Å². The number of methoxy groups -OCH3 is 1. The molecule has 1 heterocycles. The van der Waals surface area contributed by atoms with Crippen molar-refractivity contribution in [3.63, 3.8) is 0 Å². The van der Waals surface area contributed by atoms with Crippen LogP contribution >= 0.6 is 0 Å². The van der Waals surface area contributed by atoms with Gasteiger partial charge in [0.25, 0.3) is 0 Å². The van der Waals surface area contributed by atoms with Crippen molar-refractivity contribution in [3.8, 4) is 5.75 Å². The van der Waals surface area contributed by atoms with Crippen LogP contribution in [-0.2, 0) is 0 Å². The van der Waals surface area contributed by atoms with Crippen LogP contribution in [0, 0.1) is 20.8 Å². The molecule has 0 amide bonds. The molecule has 1 unspecified atom stereocenters. The summed E-state index contributed by atoms with van der Waals surface area (Å²) in [5.41, 5.74) is 11.7. The van der Waals surface area contributed by atoms with Gasteiger partial charge in [0.15, 0.2) is 0 Å². The van der Waals surface area contributed by atoms with Gasteiger partial charge < -0.3 is 10.5 Å². The zero-order valence-electron chi connectivity index (χ0n) is 11.9. The van der Waals surface area contributed by atoms with E-state index in [0.717, 1.165) is 28.1 Å². The number of aromatic nitrogens is 1. The summed E-state index contributed by atoms with van der Waals surface area (Å²) < 4.78 is 5.47. The number of pyridine rings is 1. The van der Waals surface area contributed by atoms with Crippen LogP contribution in [0.1, 0.15) is 34.0 Å². The Morgan fingerprint density at radius 2 is 1.89 bits per heavy atom. The molecule has 0 aliphatic rings. The van der Waals surface area contributed by atoms with E-state index < -0.39 is 0 Å². The predicted octanol–water partition coefficient (Wildman–Crippen LogP) is 3.06. The molecular weight excluding hydrogens is 236 g/mol. The highest BCUT2D eigenvalue weighted by molar-refractivity contribution is 5.48. The fraction of sp³-hybridized carbons (Fsp3) is 0.312. The van der Waals surface area contributed by atoms with Crippen LogP contribution in [0.4, 0.5) is 0 Å². The molecule has 0 aliphatic heterocycles. The minimum absolute atomic E-state index is 0.219. The summed E-state index contributed by atoms with van der Waals surface area (Å²) in [4.78, 5) is 4.31. The summed E-state index contributed by atoms with van der Waals surface area (Å²) in [7, 11) is 1.68. The number of benzene rings is 1. The van der Waals surface area contributed by atoms with E-state index >= 15 is 0 Å². The highest BCUT2D eigenvalue weighted by Gasteiger charge is 2.17. The molecule has 3 heteroatoms. The molecule has 19 heavy (non-hydrogen) atoms. The van der Waals surface area contributed by atoms with Gasteiger partial charge in [-0.1, -0.05) is 12.1 Å². The lowest BCUT2D eigenvalue weighted by molar-refractivity contribution is 0.407. The summed E-state index contributed by atoms with van der Waals surface area (Å²) in [6.45, 7) is 6.08. The van der Waals surface area contributed by atoms with Gasteiger partial charge in [0.05, 0.1) is 13.2 Å². The molecule has 3 nitrogen and oxygen atoms in total. The number of hydrogen-bond acceptors (Lipinski definition) is 3. The smallest absolute Gasteiger partial charge is 0.124 e. The fourth-order valence-electron chi connectivity index (χ4n) is 2.34. The van der Waals surface area contributed by atoms with Crippen LogP contribution in [0.3, 0.4) is 0 Å². The van der Waals surface area contributed by atoms with Crippen molar-refractivity contribution in [2.45, 2.75) is 26.8 Å². The fourth-order valence-corrected chi connectivity index (χ4v) is 2.34. The van der Waals surface area contributed by atoms with E-state index in [4.69, 9.17) is 10.5 Å². The van der Waals surface area contributed by atoms with E-state index in [9.17, 15) is 0 Å². The number of ether oxygens (including phenoxy) is 1. The van der Waals surface area contributed by atoms with E-state index in [1.807, 2.05) is 31.3 Å². The molecule has 100 valence electrons. The van der Waals surface area contributed by atoms with Crippen LogP contribution in [0.5, 0.6) is 5.75 Å². The molecule has 0 spiro atoms. The summed E-state index contributed by atoms with van der Waals surface area (Å²) in [5.74, 6) is 0.838. The van der Waals surface area contributed by atoms with Crippen molar-refractivity contribution < 1.29 is 4.74 Å². The van der Waals surface area contributed by atoms with Gasteiger partial charge in [-0.05, 0) is 49.6 Å². The van der Waals surface area contributed by atoms with Crippen LogP contribution in [0.25, 0.3) is 0 Å². The number of hydrogen-bond donors (Lipinski definition) is 1. The summed E-state index contributed by atoms with van der Waals surface area (Å²) >= 11 is 0. The predicted molar refractivity (Wildman–Crippen MR) is 77.5 cm³/mol. The highest BCUT2D eigenvalue weighted by Crippen LogP contribution is 2.32. The van der Waals surface area contributed by atoms with Gasteiger partial charge in [-0.25, -0.2) is 0 Å². The lowest BCUT2D eigenvalue weighted by Gasteiger charge is -2.19. The number of rotatable bonds is 3. The van der Waals surface area contributed by atoms with Gasteiger partial charge in [0.1, 0.15) is 5.75 Å². The van der Waals surface area contributed by atoms with Gasteiger partial charge in [-0.15, -0.1) is 0 Å². The second-order valence-electron chi connectivity index (χ2n) is 4.91. The molecule has 0 radical (unpaired) electrons. The minimum atomic E-state index is -0.219. The lowest BCUT2D eigenvalue weighted by atomic mass is 9.94. The Labute approximate surface area is 114 Å². The second-order valence-corrected chi connectivity index (χ2v) is 4.91. The van der Waals surface area contributed by atoms with Crippen molar-refractivity contribution in [1.29, 1.82) is 0 Å². The zero-order chi connectivity index (χ0) is 14.0. The molecule has 1 aromatic heterocycles. The molecule has 1 atom stereocenters.